The van der Waals surface area contributed by atoms with Crippen LogP contribution in [-0.4, -0.2) is 24.0 Å². The van der Waals surface area contributed by atoms with Gasteiger partial charge in [0.25, 0.3) is 0 Å². The number of aromatic hydroxyl groups is 1. The summed E-state index contributed by atoms with van der Waals surface area (Å²) < 4.78 is 5.55. The molecule has 0 fully saturated rings. The molecule has 0 aromatic heterocycles. The van der Waals surface area contributed by atoms with E-state index in [4.69, 9.17) is 32.8 Å². The molecule has 0 aliphatic rings. The van der Waals surface area contributed by atoms with E-state index >= 15 is 0 Å². The molecular formula is C15H21Cl2NO3. The molecule has 1 aromatic rings. The molecule has 6 heteroatoms. The van der Waals surface area contributed by atoms with Crippen molar-refractivity contribution in [3.63, 3.8) is 0 Å². The Hall–Kier alpha value is -1.13. The molecule has 1 rings (SSSR count). The molecular weight excluding hydrogens is 313 g/mol. The maximum absolute atomic E-state index is 9.32. The second kappa shape index (κ2) is 9.74. The Morgan fingerprint density at radius 2 is 1.86 bits per heavy atom. The number of hydrogen-bond donors (Lipinski definition) is 1. The third-order valence-corrected chi connectivity index (χ3v) is 3.11. The Morgan fingerprint density at radius 3 is 2.48 bits per heavy atom. The van der Waals surface area contributed by atoms with Crippen LogP contribution in [0.5, 0.6) is 11.5 Å². The Labute approximate surface area is 135 Å². The monoisotopic (exact) mass is 333 g/mol. The molecule has 0 saturated carbocycles. The molecule has 0 aliphatic carbocycles. The molecule has 0 spiro atoms. The molecule has 0 unspecified atom stereocenters. The molecule has 0 aliphatic heterocycles. The van der Waals surface area contributed by atoms with Crippen LogP contribution in [0.15, 0.2) is 17.3 Å². The van der Waals surface area contributed by atoms with E-state index in [1.807, 2.05) is 13.8 Å². The number of oxime groups is 1. The highest BCUT2D eigenvalue weighted by atomic mass is 35.5. The van der Waals surface area contributed by atoms with Gasteiger partial charge in [0.15, 0.2) is 5.75 Å². The zero-order chi connectivity index (χ0) is 15.7. The van der Waals surface area contributed by atoms with Crippen molar-refractivity contribution in [2.45, 2.75) is 45.6 Å². The van der Waals surface area contributed by atoms with Crippen LogP contribution in [0.3, 0.4) is 0 Å². The van der Waals surface area contributed by atoms with E-state index in [0.29, 0.717) is 22.4 Å². The highest BCUT2D eigenvalue weighted by Gasteiger charge is 2.09. The fraction of sp³-hybridized carbons (Fsp3) is 0.533. The van der Waals surface area contributed by atoms with Gasteiger partial charge in [-0.05, 0) is 39.5 Å². The number of benzene rings is 1. The molecule has 1 N–H and O–H groups in total. The maximum atomic E-state index is 9.32. The lowest BCUT2D eigenvalue weighted by atomic mass is 10.2. The van der Waals surface area contributed by atoms with Crippen molar-refractivity contribution in [2.24, 2.45) is 5.16 Å². The molecule has 0 amide bonds. The molecule has 1 aromatic carbocycles. The Morgan fingerprint density at radius 1 is 1.19 bits per heavy atom. The first kappa shape index (κ1) is 17.9. The van der Waals surface area contributed by atoms with Crippen LogP contribution >= 0.6 is 23.2 Å². The third kappa shape index (κ3) is 7.44. The van der Waals surface area contributed by atoms with Gasteiger partial charge in [0.05, 0.1) is 16.7 Å². The van der Waals surface area contributed by atoms with Gasteiger partial charge in [-0.1, -0.05) is 28.4 Å². The lowest BCUT2D eigenvalue weighted by molar-refractivity contribution is 0.0867. The van der Waals surface area contributed by atoms with Crippen molar-refractivity contribution < 1.29 is 14.7 Å². The van der Waals surface area contributed by atoms with E-state index in [2.05, 4.69) is 5.16 Å². The fourth-order valence-electron chi connectivity index (χ4n) is 1.59. The number of halogens is 2. The van der Waals surface area contributed by atoms with Crippen molar-refractivity contribution in [2.75, 3.05) is 6.61 Å². The predicted octanol–water partition coefficient (Wildman–Crippen LogP) is 5.05. The van der Waals surface area contributed by atoms with E-state index in [0.717, 1.165) is 25.7 Å². The topological polar surface area (TPSA) is 51.0 Å². The molecule has 21 heavy (non-hydrogen) atoms. The van der Waals surface area contributed by atoms with Gasteiger partial charge in [-0.15, -0.1) is 0 Å². The summed E-state index contributed by atoms with van der Waals surface area (Å²) >= 11 is 11.9. The van der Waals surface area contributed by atoms with Gasteiger partial charge in [0.1, 0.15) is 11.9 Å². The van der Waals surface area contributed by atoms with Crippen LogP contribution in [0.4, 0.5) is 0 Å². The van der Waals surface area contributed by atoms with Crippen LogP contribution in [0, 0.1) is 0 Å². The minimum atomic E-state index is 0.0280. The van der Waals surface area contributed by atoms with Gasteiger partial charge in [-0.25, -0.2) is 0 Å². The number of phenols is 1. The molecule has 0 bridgehead atoms. The number of unbranched alkanes of at least 4 members (excludes halogenated alkanes) is 3. The number of nitrogens with zero attached hydrogens (tertiary/aromatic N) is 1. The normalized spacial score (nSPS) is 11.3. The Bertz CT molecular complexity index is 441. The van der Waals surface area contributed by atoms with E-state index < -0.39 is 0 Å². The first-order valence-corrected chi connectivity index (χ1v) is 7.74. The largest absolute Gasteiger partial charge is 0.508 e. The maximum Gasteiger partial charge on any atom is 0.156 e. The van der Waals surface area contributed by atoms with Crippen LogP contribution < -0.4 is 4.74 Å². The van der Waals surface area contributed by atoms with Gasteiger partial charge >= 0.3 is 0 Å². The number of hydrogen-bond acceptors (Lipinski definition) is 4. The van der Waals surface area contributed by atoms with E-state index in [-0.39, 0.29) is 11.9 Å². The minimum absolute atomic E-state index is 0.0280. The summed E-state index contributed by atoms with van der Waals surface area (Å²) in [5.74, 6) is 0.447. The average Bonchev–Trinajstić information content (AvgIpc) is 2.38. The summed E-state index contributed by atoms with van der Waals surface area (Å²) in [6.07, 6.45) is 5.72. The summed E-state index contributed by atoms with van der Waals surface area (Å²) in [7, 11) is 0. The summed E-state index contributed by atoms with van der Waals surface area (Å²) in [4.78, 5) is 5.06. The smallest absolute Gasteiger partial charge is 0.156 e. The van der Waals surface area contributed by atoms with E-state index in [1.54, 1.807) is 6.21 Å². The summed E-state index contributed by atoms with van der Waals surface area (Å²) in [5.41, 5.74) is 0. The van der Waals surface area contributed by atoms with Gasteiger partial charge in [0, 0.05) is 18.3 Å². The zero-order valence-electron chi connectivity index (χ0n) is 12.3. The molecule has 0 saturated heterocycles. The van der Waals surface area contributed by atoms with Gasteiger partial charge in [-0.3, -0.25) is 0 Å². The van der Waals surface area contributed by atoms with Crippen LogP contribution in [0.2, 0.25) is 10.0 Å². The molecule has 0 radical (unpaired) electrons. The fourth-order valence-corrected chi connectivity index (χ4v) is 2.18. The number of ether oxygens (including phenoxy) is 1. The molecule has 0 atom stereocenters. The standard InChI is InChI=1S/C15H21Cl2NO3/c1-11(2)21-18-7-5-3-4-6-8-20-15-13(16)9-12(19)10-14(15)17/h7,9-11,19H,3-6,8H2,1-2H3. The van der Waals surface area contributed by atoms with Gasteiger partial charge in [-0.2, -0.15) is 0 Å². The van der Waals surface area contributed by atoms with Gasteiger partial charge < -0.3 is 14.7 Å². The third-order valence-electron chi connectivity index (χ3n) is 2.55. The summed E-state index contributed by atoms with van der Waals surface area (Å²) in [6, 6.07) is 2.82. The van der Waals surface area contributed by atoms with Crippen molar-refractivity contribution in [3.05, 3.63) is 22.2 Å². The van der Waals surface area contributed by atoms with Crippen LogP contribution in [0.1, 0.15) is 39.5 Å². The second-order valence-electron chi connectivity index (χ2n) is 4.88. The second-order valence-corrected chi connectivity index (χ2v) is 5.69. The summed E-state index contributed by atoms with van der Waals surface area (Å²) in [6.45, 7) is 4.41. The highest BCUT2D eigenvalue weighted by molar-refractivity contribution is 6.37. The SMILES string of the molecule is CC(C)ON=CCCCCCOc1c(Cl)cc(O)cc1Cl. The zero-order valence-corrected chi connectivity index (χ0v) is 13.8. The number of phenolic OH excluding ortho intramolecular Hbond substituents is 1. The lowest BCUT2D eigenvalue weighted by Crippen LogP contribution is -1.99. The first-order chi connectivity index (χ1) is 10.0. The van der Waals surface area contributed by atoms with Crippen LogP contribution in [-0.2, 0) is 4.84 Å². The van der Waals surface area contributed by atoms with Crippen molar-refractivity contribution in [3.8, 4) is 11.5 Å². The lowest BCUT2D eigenvalue weighted by Gasteiger charge is -2.10. The predicted molar refractivity (Wildman–Crippen MR) is 86.8 cm³/mol. The Kier molecular flexibility index (Phi) is 8.31. The van der Waals surface area contributed by atoms with E-state index in [1.165, 1.54) is 12.1 Å². The highest BCUT2D eigenvalue weighted by Crippen LogP contribution is 2.36. The molecule has 118 valence electrons. The quantitative estimate of drug-likeness (QED) is 0.391. The van der Waals surface area contributed by atoms with Gasteiger partial charge in [0.2, 0.25) is 0 Å². The van der Waals surface area contributed by atoms with Crippen LogP contribution in [0.25, 0.3) is 0 Å². The Balaban J connectivity index is 2.16. The molecule has 0 heterocycles. The average molecular weight is 334 g/mol. The van der Waals surface area contributed by atoms with Crippen molar-refractivity contribution in [1.29, 1.82) is 0 Å². The minimum Gasteiger partial charge on any atom is -0.508 e. The summed E-state index contributed by atoms with van der Waals surface area (Å²) in [5, 5.41) is 13.8. The molecule has 4 nitrogen and oxygen atoms in total. The number of rotatable bonds is 9. The van der Waals surface area contributed by atoms with Crippen molar-refractivity contribution >= 4 is 29.4 Å². The van der Waals surface area contributed by atoms with Crippen molar-refractivity contribution in [1.82, 2.24) is 0 Å². The van der Waals surface area contributed by atoms with E-state index in [9.17, 15) is 5.11 Å². The first-order valence-electron chi connectivity index (χ1n) is 6.99.